The van der Waals surface area contributed by atoms with E-state index in [4.69, 9.17) is 18.0 Å². The number of likely N-dealkylation sites (tertiary alicyclic amines) is 1. The highest BCUT2D eigenvalue weighted by molar-refractivity contribution is 7.80. The van der Waals surface area contributed by atoms with Gasteiger partial charge in [0.05, 0.1) is 4.99 Å². The minimum Gasteiger partial charge on any atom is -0.392 e. The van der Waals surface area contributed by atoms with Gasteiger partial charge in [0.2, 0.25) is 0 Å². The summed E-state index contributed by atoms with van der Waals surface area (Å²) in [6.45, 7) is 4.35. The van der Waals surface area contributed by atoms with Gasteiger partial charge >= 0.3 is 0 Å². The van der Waals surface area contributed by atoms with Gasteiger partial charge in [0.15, 0.2) is 0 Å². The molecule has 2 heterocycles. The maximum absolute atomic E-state index is 12.1. The Morgan fingerprint density at radius 1 is 1.50 bits per heavy atom. The quantitative estimate of drug-likeness (QED) is 0.806. The molecule has 20 heavy (non-hydrogen) atoms. The van der Waals surface area contributed by atoms with Crippen LogP contribution in [0.5, 0.6) is 0 Å². The lowest BCUT2D eigenvalue weighted by molar-refractivity contribution is 0.0909. The molecular weight excluding hydrogens is 272 g/mol. The van der Waals surface area contributed by atoms with Crippen LogP contribution in [0, 0.1) is 6.92 Å². The average molecular weight is 292 g/mol. The van der Waals surface area contributed by atoms with Crippen LogP contribution in [0.3, 0.4) is 0 Å². The largest absolute Gasteiger partial charge is 0.392 e. The maximum atomic E-state index is 12.1. The average Bonchev–Trinajstić information content (AvgIpc) is 2.40. The third kappa shape index (κ3) is 4.25. The van der Waals surface area contributed by atoms with Crippen molar-refractivity contribution >= 4 is 23.1 Å². The van der Waals surface area contributed by atoms with Gasteiger partial charge in [0.25, 0.3) is 5.91 Å². The van der Waals surface area contributed by atoms with Crippen molar-refractivity contribution in [1.29, 1.82) is 0 Å². The first-order chi connectivity index (χ1) is 9.54. The maximum Gasteiger partial charge on any atom is 0.270 e. The molecule has 1 saturated heterocycles. The molecule has 5 nitrogen and oxygen atoms in total. The van der Waals surface area contributed by atoms with Crippen molar-refractivity contribution in [1.82, 2.24) is 15.2 Å². The number of nitrogens with two attached hydrogens (primary N) is 1. The monoisotopic (exact) mass is 292 g/mol. The molecule has 1 aromatic rings. The number of carbonyl (C=O) groups is 1. The Bertz CT molecular complexity index is 498. The van der Waals surface area contributed by atoms with E-state index in [-0.39, 0.29) is 11.9 Å². The van der Waals surface area contributed by atoms with Gasteiger partial charge < -0.3 is 11.1 Å². The number of nitrogens with zero attached hydrogens (tertiary/aromatic N) is 2. The minimum absolute atomic E-state index is 0.0958. The number of rotatable bonds is 4. The van der Waals surface area contributed by atoms with E-state index in [1.54, 1.807) is 6.07 Å². The molecule has 0 saturated carbocycles. The Labute approximate surface area is 124 Å². The Morgan fingerprint density at radius 3 is 2.80 bits per heavy atom. The molecule has 1 aliphatic rings. The van der Waals surface area contributed by atoms with Crippen molar-refractivity contribution in [3.63, 3.8) is 0 Å². The molecule has 0 bridgehead atoms. The molecule has 0 unspecified atom stereocenters. The van der Waals surface area contributed by atoms with Crippen LogP contribution in [0.15, 0.2) is 18.2 Å². The molecular formula is C14H20N4OS. The normalized spacial score (nSPS) is 16.9. The predicted molar refractivity (Wildman–Crippen MR) is 82.7 cm³/mol. The molecule has 108 valence electrons. The van der Waals surface area contributed by atoms with Crippen LogP contribution < -0.4 is 11.1 Å². The molecule has 1 aliphatic heterocycles. The second-order valence-electron chi connectivity index (χ2n) is 5.15. The standard InChI is InChI=1S/C14H20N4OS/c1-10-3-2-4-12(16-10)14(19)17-11-5-7-18(8-6-11)9-13(15)20/h2-4,11H,5-9H2,1H3,(H2,15,20)(H,17,19). The van der Waals surface area contributed by atoms with E-state index in [0.717, 1.165) is 31.6 Å². The van der Waals surface area contributed by atoms with Gasteiger partial charge in [0.1, 0.15) is 5.69 Å². The summed E-state index contributed by atoms with van der Waals surface area (Å²) in [6, 6.07) is 5.67. The number of carbonyl (C=O) groups excluding carboxylic acids is 1. The highest BCUT2D eigenvalue weighted by Crippen LogP contribution is 2.10. The smallest absolute Gasteiger partial charge is 0.270 e. The third-order valence-electron chi connectivity index (χ3n) is 3.42. The Kier molecular flexibility index (Phi) is 5.03. The fourth-order valence-electron chi connectivity index (χ4n) is 2.38. The number of pyridine rings is 1. The van der Waals surface area contributed by atoms with Crippen LogP contribution in [-0.2, 0) is 0 Å². The summed E-state index contributed by atoms with van der Waals surface area (Å²) < 4.78 is 0. The van der Waals surface area contributed by atoms with Crippen molar-refractivity contribution < 1.29 is 4.79 Å². The molecule has 1 fully saturated rings. The molecule has 1 aromatic heterocycles. The minimum atomic E-state index is -0.0958. The molecule has 1 amide bonds. The Morgan fingerprint density at radius 2 is 2.20 bits per heavy atom. The summed E-state index contributed by atoms with van der Waals surface area (Å²) in [5.41, 5.74) is 6.87. The van der Waals surface area contributed by atoms with Crippen LogP contribution in [0.25, 0.3) is 0 Å². The van der Waals surface area contributed by atoms with Gasteiger partial charge in [-0.2, -0.15) is 0 Å². The van der Waals surface area contributed by atoms with Crippen molar-refractivity contribution in [2.45, 2.75) is 25.8 Å². The molecule has 0 aliphatic carbocycles. The first kappa shape index (κ1) is 14.9. The van der Waals surface area contributed by atoms with Crippen molar-refractivity contribution in [3.8, 4) is 0 Å². The number of thiocarbonyl (C=S) groups is 1. The number of hydrogen-bond acceptors (Lipinski definition) is 4. The molecule has 6 heteroatoms. The number of nitrogens with one attached hydrogen (secondary N) is 1. The predicted octanol–water partition coefficient (Wildman–Crippen LogP) is 0.870. The van der Waals surface area contributed by atoms with Gasteiger partial charge in [-0.15, -0.1) is 0 Å². The summed E-state index contributed by atoms with van der Waals surface area (Å²) in [5, 5.41) is 3.04. The second kappa shape index (κ2) is 6.76. The van der Waals surface area contributed by atoms with Crippen LogP contribution in [-0.4, -0.2) is 46.5 Å². The molecule has 2 rings (SSSR count). The fourth-order valence-corrected chi connectivity index (χ4v) is 2.57. The van der Waals surface area contributed by atoms with E-state index in [2.05, 4.69) is 15.2 Å². The van der Waals surface area contributed by atoms with Crippen LogP contribution >= 0.6 is 12.2 Å². The van der Waals surface area contributed by atoms with Crippen LogP contribution in [0.2, 0.25) is 0 Å². The van der Waals surface area contributed by atoms with Gasteiger partial charge in [0, 0.05) is 31.4 Å². The molecule has 0 spiro atoms. The molecule has 3 N–H and O–H groups in total. The topological polar surface area (TPSA) is 71.2 Å². The first-order valence-corrected chi connectivity index (χ1v) is 7.20. The van der Waals surface area contributed by atoms with E-state index >= 15 is 0 Å². The van der Waals surface area contributed by atoms with E-state index < -0.39 is 0 Å². The summed E-state index contributed by atoms with van der Waals surface area (Å²) in [4.78, 5) is 19.1. The number of amides is 1. The van der Waals surface area contributed by atoms with E-state index in [1.807, 2.05) is 19.1 Å². The lowest BCUT2D eigenvalue weighted by Crippen LogP contribution is -2.46. The lowest BCUT2D eigenvalue weighted by atomic mass is 10.0. The highest BCUT2D eigenvalue weighted by Gasteiger charge is 2.21. The molecule has 0 radical (unpaired) electrons. The number of aromatic nitrogens is 1. The third-order valence-corrected chi connectivity index (χ3v) is 3.55. The van der Waals surface area contributed by atoms with Crippen LogP contribution in [0.1, 0.15) is 29.0 Å². The van der Waals surface area contributed by atoms with Gasteiger partial charge in [-0.1, -0.05) is 18.3 Å². The SMILES string of the molecule is Cc1cccc(C(=O)NC2CCN(CC(N)=S)CC2)n1. The Hall–Kier alpha value is -1.53. The van der Waals surface area contributed by atoms with Gasteiger partial charge in [-0.25, -0.2) is 4.98 Å². The van der Waals surface area contributed by atoms with Crippen molar-refractivity contribution in [3.05, 3.63) is 29.6 Å². The van der Waals surface area contributed by atoms with Crippen molar-refractivity contribution in [2.24, 2.45) is 5.73 Å². The lowest BCUT2D eigenvalue weighted by Gasteiger charge is -2.31. The van der Waals surface area contributed by atoms with Gasteiger partial charge in [-0.05, 0) is 31.9 Å². The summed E-state index contributed by atoms with van der Waals surface area (Å²) in [5.74, 6) is -0.0958. The number of hydrogen-bond donors (Lipinski definition) is 2. The van der Waals surface area contributed by atoms with E-state index in [0.29, 0.717) is 17.2 Å². The van der Waals surface area contributed by atoms with Crippen LogP contribution in [0.4, 0.5) is 0 Å². The summed E-state index contributed by atoms with van der Waals surface area (Å²) in [7, 11) is 0. The zero-order valence-corrected chi connectivity index (χ0v) is 12.4. The Balaban J connectivity index is 1.83. The number of piperidine rings is 1. The molecule has 0 aromatic carbocycles. The van der Waals surface area contributed by atoms with E-state index in [1.165, 1.54) is 0 Å². The van der Waals surface area contributed by atoms with Gasteiger partial charge in [-0.3, -0.25) is 9.69 Å². The zero-order valence-electron chi connectivity index (χ0n) is 11.6. The highest BCUT2D eigenvalue weighted by atomic mass is 32.1. The summed E-state index contributed by atoms with van der Waals surface area (Å²) in [6.07, 6.45) is 1.83. The summed E-state index contributed by atoms with van der Waals surface area (Å²) >= 11 is 4.91. The zero-order chi connectivity index (χ0) is 14.5. The van der Waals surface area contributed by atoms with E-state index in [9.17, 15) is 4.79 Å². The van der Waals surface area contributed by atoms with Crippen molar-refractivity contribution in [2.75, 3.05) is 19.6 Å². The fraction of sp³-hybridized carbons (Fsp3) is 0.500. The number of aryl methyl sites for hydroxylation is 1. The molecule has 0 atom stereocenters. The second-order valence-corrected chi connectivity index (χ2v) is 5.68. The first-order valence-electron chi connectivity index (χ1n) is 6.80.